The lowest BCUT2D eigenvalue weighted by Gasteiger charge is -2.21. The molecule has 0 aromatic heterocycles. The molecule has 0 aromatic rings. The maximum absolute atomic E-state index is 4.10. The van der Waals surface area contributed by atoms with E-state index in [2.05, 4.69) is 46.4 Å². The van der Waals surface area contributed by atoms with Crippen molar-refractivity contribution in [1.29, 1.82) is 0 Å². The van der Waals surface area contributed by atoms with Crippen LogP contribution in [0.3, 0.4) is 0 Å². The van der Waals surface area contributed by atoms with Crippen molar-refractivity contribution in [2.45, 2.75) is 81.1 Å². The number of rotatable bonds is 6. The van der Waals surface area contributed by atoms with E-state index in [4.69, 9.17) is 0 Å². The summed E-state index contributed by atoms with van der Waals surface area (Å²) in [6, 6.07) is 0. The summed E-state index contributed by atoms with van der Waals surface area (Å²) in [6.07, 6.45) is 10.8. The van der Waals surface area contributed by atoms with Crippen LogP contribution in [0, 0.1) is 11.8 Å². The molecule has 0 heterocycles. The minimum absolute atomic E-state index is 0. The first-order valence-corrected chi connectivity index (χ1v) is 8.16. The Morgan fingerprint density at radius 2 is 1.85 bits per heavy atom. The van der Waals surface area contributed by atoms with Crippen molar-refractivity contribution in [3.63, 3.8) is 0 Å². The van der Waals surface area contributed by atoms with Gasteiger partial charge in [-0.2, -0.15) is 0 Å². The molecule has 0 aromatic carbocycles. The molecule has 1 aliphatic carbocycles. The van der Waals surface area contributed by atoms with Gasteiger partial charge in [-0.05, 0) is 50.0 Å². The third-order valence-electron chi connectivity index (χ3n) is 3.94. The highest BCUT2D eigenvalue weighted by Gasteiger charge is 2.31. The molecule has 0 nitrogen and oxygen atoms in total. The molecule has 0 radical (unpaired) electrons. The van der Waals surface area contributed by atoms with E-state index in [1.807, 2.05) is 13.8 Å². The minimum atomic E-state index is 0. The maximum atomic E-state index is 4.10. The van der Waals surface area contributed by atoms with Crippen LogP contribution in [0.5, 0.6) is 0 Å². The fraction of sp³-hybridized carbons (Fsp3) is 0.700. The van der Waals surface area contributed by atoms with Gasteiger partial charge in [0.1, 0.15) is 0 Å². The lowest BCUT2D eigenvalue weighted by molar-refractivity contribution is 0.390. The van der Waals surface area contributed by atoms with E-state index in [9.17, 15) is 0 Å². The Hall–Kier alpha value is -0.780. The van der Waals surface area contributed by atoms with E-state index in [1.54, 1.807) is 11.1 Å². The van der Waals surface area contributed by atoms with Gasteiger partial charge in [0.25, 0.3) is 0 Å². The Bertz CT molecular complexity index is 317. The molecule has 1 aliphatic rings. The minimum Gasteiger partial charge on any atom is -0.100 e. The molecular formula is C20H38. The van der Waals surface area contributed by atoms with E-state index in [-0.39, 0.29) is 7.43 Å². The Morgan fingerprint density at radius 1 is 1.25 bits per heavy atom. The highest BCUT2D eigenvalue weighted by atomic mass is 14.4. The molecule has 0 saturated heterocycles. The van der Waals surface area contributed by atoms with Crippen LogP contribution in [0.25, 0.3) is 0 Å². The van der Waals surface area contributed by atoms with E-state index in [0.29, 0.717) is 0 Å². The zero-order chi connectivity index (χ0) is 14.8. The summed E-state index contributed by atoms with van der Waals surface area (Å²) >= 11 is 0. The lowest BCUT2D eigenvalue weighted by atomic mass is 9.84. The molecule has 0 fully saturated rings. The smallest absolute Gasteiger partial charge is 0.0129 e. The average Bonchev–Trinajstić information content (AvgIpc) is 2.74. The summed E-state index contributed by atoms with van der Waals surface area (Å²) in [7, 11) is 0. The summed E-state index contributed by atoms with van der Waals surface area (Å²) in [5.41, 5.74) is 4.65. The Labute approximate surface area is 129 Å². The van der Waals surface area contributed by atoms with Gasteiger partial charge in [-0.15, -0.1) is 6.58 Å². The fourth-order valence-corrected chi connectivity index (χ4v) is 3.10. The van der Waals surface area contributed by atoms with E-state index >= 15 is 0 Å². The predicted molar refractivity (Wildman–Crippen MR) is 96.1 cm³/mol. The van der Waals surface area contributed by atoms with Gasteiger partial charge >= 0.3 is 0 Å². The Kier molecular flexibility index (Phi) is 12.9. The van der Waals surface area contributed by atoms with Crippen LogP contribution in [0.2, 0.25) is 0 Å². The van der Waals surface area contributed by atoms with Crippen molar-refractivity contribution in [1.82, 2.24) is 0 Å². The van der Waals surface area contributed by atoms with Crippen LogP contribution in [-0.4, -0.2) is 0 Å². The van der Waals surface area contributed by atoms with Crippen molar-refractivity contribution in [2.75, 3.05) is 0 Å². The normalized spacial score (nSPS) is 21.5. The zero-order valence-electron chi connectivity index (χ0n) is 14.1. The molecule has 0 heteroatoms. The van der Waals surface area contributed by atoms with Crippen molar-refractivity contribution >= 4 is 0 Å². The van der Waals surface area contributed by atoms with E-state index in [0.717, 1.165) is 18.3 Å². The van der Waals surface area contributed by atoms with Gasteiger partial charge in [-0.25, -0.2) is 0 Å². The summed E-state index contributed by atoms with van der Waals surface area (Å²) < 4.78 is 0. The van der Waals surface area contributed by atoms with Crippen molar-refractivity contribution in [3.8, 4) is 0 Å². The molecule has 118 valence electrons. The Balaban J connectivity index is 0. The van der Waals surface area contributed by atoms with Crippen LogP contribution in [0.15, 0.2) is 35.5 Å². The molecule has 0 saturated carbocycles. The van der Waals surface area contributed by atoms with Crippen molar-refractivity contribution in [2.24, 2.45) is 11.8 Å². The molecule has 1 rings (SSSR count). The van der Waals surface area contributed by atoms with Gasteiger partial charge in [0.15, 0.2) is 0 Å². The summed E-state index contributed by atoms with van der Waals surface area (Å²) in [5.74, 6) is 1.61. The first kappa shape index (κ1) is 21.5. The molecule has 2 unspecified atom stereocenters. The predicted octanol–water partition coefficient (Wildman–Crippen LogP) is 7.33. The summed E-state index contributed by atoms with van der Waals surface area (Å²) in [5, 5.41) is 0. The standard InChI is InChI=1S/C17H28.C2H6.CH4/c1-6-9-10-15-12-14(7-2)17(11-13(4)5)16(15)8-3;1-2;/h9-10,14,17H,4,6-8,11-12H2,1-3,5H3;1-2H3;1H4/b10-9-;;. The van der Waals surface area contributed by atoms with Gasteiger partial charge in [0.05, 0.1) is 0 Å². The van der Waals surface area contributed by atoms with Gasteiger partial charge in [0.2, 0.25) is 0 Å². The van der Waals surface area contributed by atoms with Gasteiger partial charge < -0.3 is 0 Å². The van der Waals surface area contributed by atoms with Gasteiger partial charge in [-0.3, -0.25) is 0 Å². The van der Waals surface area contributed by atoms with E-state index in [1.165, 1.54) is 31.3 Å². The largest absolute Gasteiger partial charge is 0.100 e. The number of hydrogen-bond acceptors (Lipinski definition) is 0. The summed E-state index contributed by atoms with van der Waals surface area (Å²) in [6.45, 7) is 17.1. The van der Waals surface area contributed by atoms with Crippen LogP contribution >= 0.6 is 0 Å². The molecule has 0 bridgehead atoms. The van der Waals surface area contributed by atoms with Crippen LogP contribution in [-0.2, 0) is 0 Å². The second-order valence-corrected chi connectivity index (χ2v) is 5.35. The molecule has 0 amide bonds. The molecule has 0 spiro atoms. The third kappa shape index (κ3) is 6.11. The van der Waals surface area contributed by atoms with Crippen LogP contribution < -0.4 is 0 Å². The molecule has 20 heavy (non-hydrogen) atoms. The van der Waals surface area contributed by atoms with Crippen molar-refractivity contribution in [3.05, 3.63) is 35.5 Å². The highest BCUT2D eigenvalue weighted by molar-refractivity contribution is 5.34. The highest BCUT2D eigenvalue weighted by Crippen LogP contribution is 2.44. The average molecular weight is 279 g/mol. The SMILES string of the molecule is C.C=C(C)CC1C(CC)=C(/C=C\CC)CC1CC.CC. The fourth-order valence-electron chi connectivity index (χ4n) is 3.10. The molecule has 0 N–H and O–H groups in total. The monoisotopic (exact) mass is 278 g/mol. The van der Waals surface area contributed by atoms with Crippen LogP contribution in [0.1, 0.15) is 81.1 Å². The summed E-state index contributed by atoms with van der Waals surface area (Å²) in [4.78, 5) is 0. The second kappa shape index (κ2) is 12.0. The third-order valence-corrected chi connectivity index (χ3v) is 3.94. The van der Waals surface area contributed by atoms with Gasteiger partial charge in [-0.1, -0.05) is 71.8 Å². The second-order valence-electron chi connectivity index (χ2n) is 5.35. The van der Waals surface area contributed by atoms with Gasteiger partial charge in [0, 0.05) is 0 Å². The number of allylic oxidation sites excluding steroid dienone is 5. The quantitative estimate of drug-likeness (QED) is 0.446. The first-order valence-electron chi connectivity index (χ1n) is 8.16. The van der Waals surface area contributed by atoms with Crippen LogP contribution in [0.4, 0.5) is 0 Å². The molecular weight excluding hydrogens is 240 g/mol. The topological polar surface area (TPSA) is 0 Å². The first-order chi connectivity index (χ1) is 9.13. The maximum Gasteiger partial charge on any atom is -0.0129 e. The van der Waals surface area contributed by atoms with E-state index < -0.39 is 0 Å². The lowest BCUT2D eigenvalue weighted by Crippen LogP contribution is -2.10. The molecule has 2 atom stereocenters. The number of hydrogen-bond donors (Lipinski definition) is 0. The Morgan fingerprint density at radius 3 is 2.25 bits per heavy atom. The van der Waals surface area contributed by atoms with Crippen molar-refractivity contribution < 1.29 is 0 Å². The zero-order valence-corrected chi connectivity index (χ0v) is 14.1. The molecule has 0 aliphatic heterocycles.